The Balaban J connectivity index is 1.60. The Morgan fingerprint density at radius 2 is 1.44 bits per heavy atom. The summed E-state index contributed by atoms with van der Waals surface area (Å²) in [6.07, 6.45) is 0. The summed E-state index contributed by atoms with van der Waals surface area (Å²) in [7, 11) is 0. The third kappa shape index (κ3) is 3.91. The number of para-hydroxylation sites is 1. The second kappa shape index (κ2) is 7.88. The maximum atomic E-state index is 13.4. The fourth-order valence-electron chi connectivity index (χ4n) is 3.01. The van der Waals surface area contributed by atoms with Gasteiger partial charge in [-0.05, 0) is 45.8 Å². The molecule has 0 saturated heterocycles. The van der Waals surface area contributed by atoms with Crippen molar-refractivity contribution in [2.45, 2.75) is 12.6 Å². The van der Waals surface area contributed by atoms with Crippen LogP contribution in [0.25, 0.3) is 5.69 Å². The lowest BCUT2D eigenvalue weighted by Crippen LogP contribution is -2.24. The Kier molecular flexibility index (Phi) is 4.98. The lowest BCUT2D eigenvalue weighted by Gasteiger charge is -2.19. The van der Waals surface area contributed by atoms with Gasteiger partial charge < -0.3 is 0 Å². The fraction of sp³-hybridized carbons (Fsp3) is 0.0952. The zero-order valence-electron chi connectivity index (χ0n) is 14.5. The minimum Gasteiger partial charge on any atom is -0.299 e. The standard InChI is InChI=1S/C21H18FN5/c22-18-13-11-17(12-14-18)21(16-7-3-1-4-8-16)23-15-20-24-25-26-27(20)19-9-5-2-6-10-19/h1-14,21,23H,15H2. The maximum Gasteiger partial charge on any atom is 0.170 e. The van der Waals surface area contributed by atoms with Gasteiger partial charge in [-0.3, -0.25) is 5.32 Å². The van der Waals surface area contributed by atoms with Crippen LogP contribution in [0, 0.1) is 5.82 Å². The highest BCUT2D eigenvalue weighted by atomic mass is 19.1. The normalized spacial score (nSPS) is 12.0. The van der Waals surface area contributed by atoms with Crippen molar-refractivity contribution in [3.05, 3.63) is 108 Å². The predicted molar refractivity (Wildman–Crippen MR) is 101 cm³/mol. The molecule has 0 radical (unpaired) electrons. The van der Waals surface area contributed by atoms with Gasteiger partial charge in [-0.2, -0.15) is 4.68 Å². The topological polar surface area (TPSA) is 55.6 Å². The Labute approximate surface area is 156 Å². The van der Waals surface area contributed by atoms with Crippen molar-refractivity contribution in [2.75, 3.05) is 0 Å². The van der Waals surface area contributed by atoms with Crippen LogP contribution in [0.5, 0.6) is 0 Å². The van der Waals surface area contributed by atoms with E-state index in [0.29, 0.717) is 12.4 Å². The highest BCUT2D eigenvalue weighted by Gasteiger charge is 2.16. The Hall–Kier alpha value is -3.38. The van der Waals surface area contributed by atoms with Crippen LogP contribution >= 0.6 is 0 Å². The molecule has 1 N–H and O–H groups in total. The summed E-state index contributed by atoms with van der Waals surface area (Å²) < 4.78 is 15.1. The molecule has 0 aliphatic heterocycles. The zero-order valence-corrected chi connectivity index (χ0v) is 14.5. The molecule has 4 rings (SSSR count). The van der Waals surface area contributed by atoms with Crippen LogP contribution in [0.2, 0.25) is 0 Å². The first kappa shape index (κ1) is 17.1. The van der Waals surface area contributed by atoms with Crippen LogP contribution < -0.4 is 5.32 Å². The lowest BCUT2D eigenvalue weighted by atomic mass is 9.98. The number of benzene rings is 3. The summed E-state index contributed by atoms with van der Waals surface area (Å²) in [4.78, 5) is 0. The van der Waals surface area contributed by atoms with E-state index in [2.05, 4.69) is 20.8 Å². The van der Waals surface area contributed by atoms with Gasteiger partial charge in [0.15, 0.2) is 5.82 Å². The lowest BCUT2D eigenvalue weighted by molar-refractivity contribution is 0.573. The molecule has 4 aromatic rings. The van der Waals surface area contributed by atoms with E-state index in [1.807, 2.05) is 60.7 Å². The van der Waals surface area contributed by atoms with Crippen molar-refractivity contribution < 1.29 is 4.39 Å². The molecule has 134 valence electrons. The van der Waals surface area contributed by atoms with Gasteiger partial charge in [-0.15, -0.1) is 5.10 Å². The van der Waals surface area contributed by atoms with Crippen molar-refractivity contribution in [3.63, 3.8) is 0 Å². The molecule has 1 heterocycles. The summed E-state index contributed by atoms with van der Waals surface area (Å²) in [5.74, 6) is 0.447. The van der Waals surface area contributed by atoms with Crippen LogP contribution in [0.15, 0.2) is 84.9 Å². The predicted octanol–water partition coefficient (Wildman–Crippen LogP) is 3.68. The van der Waals surface area contributed by atoms with Crippen LogP contribution in [-0.2, 0) is 6.54 Å². The first-order valence-electron chi connectivity index (χ1n) is 8.68. The molecule has 0 aliphatic rings. The largest absolute Gasteiger partial charge is 0.299 e. The van der Waals surface area contributed by atoms with E-state index >= 15 is 0 Å². The van der Waals surface area contributed by atoms with E-state index in [1.54, 1.807) is 16.8 Å². The van der Waals surface area contributed by atoms with E-state index in [1.165, 1.54) is 12.1 Å². The Bertz CT molecular complexity index is 984. The van der Waals surface area contributed by atoms with E-state index in [4.69, 9.17) is 0 Å². The van der Waals surface area contributed by atoms with E-state index < -0.39 is 0 Å². The summed E-state index contributed by atoms with van der Waals surface area (Å²) in [5, 5.41) is 15.5. The van der Waals surface area contributed by atoms with Crippen molar-refractivity contribution >= 4 is 0 Å². The molecule has 0 fully saturated rings. The second-order valence-electron chi connectivity index (χ2n) is 6.12. The summed E-state index contributed by atoms with van der Waals surface area (Å²) in [6, 6.07) is 26.2. The van der Waals surface area contributed by atoms with Crippen LogP contribution in [-0.4, -0.2) is 20.2 Å². The SMILES string of the molecule is Fc1ccc(C(NCc2nnnn2-c2ccccc2)c2ccccc2)cc1. The van der Waals surface area contributed by atoms with Crippen molar-refractivity contribution in [1.29, 1.82) is 0 Å². The minimum absolute atomic E-state index is 0.104. The Morgan fingerprint density at radius 3 is 2.15 bits per heavy atom. The number of aromatic nitrogens is 4. The average molecular weight is 359 g/mol. The third-order valence-corrected chi connectivity index (χ3v) is 4.34. The van der Waals surface area contributed by atoms with Gasteiger partial charge >= 0.3 is 0 Å². The Morgan fingerprint density at radius 1 is 0.815 bits per heavy atom. The monoisotopic (exact) mass is 359 g/mol. The van der Waals surface area contributed by atoms with Gasteiger partial charge in [0.25, 0.3) is 0 Å². The van der Waals surface area contributed by atoms with Crippen LogP contribution in [0.4, 0.5) is 4.39 Å². The molecular formula is C21H18FN5. The molecular weight excluding hydrogens is 341 g/mol. The molecule has 1 atom stereocenters. The summed E-state index contributed by atoms with van der Waals surface area (Å²) in [5.41, 5.74) is 2.96. The van der Waals surface area contributed by atoms with Crippen LogP contribution in [0.3, 0.4) is 0 Å². The van der Waals surface area contributed by atoms with Gasteiger partial charge in [0.05, 0.1) is 18.3 Å². The number of hydrogen-bond donors (Lipinski definition) is 1. The fourth-order valence-corrected chi connectivity index (χ4v) is 3.01. The van der Waals surface area contributed by atoms with Crippen LogP contribution in [0.1, 0.15) is 23.0 Å². The first-order valence-corrected chi connectivity index (χ1v) is 8.68. The molecule has 6 heteroatoms. The van der Waals surface area contributed by atoms with E-state index in [9.17, 15) is 4.39 Å². The maximum absolute atomic E-state index is 13.4. The zero-order chi connectivity index (χ0) is 18.5. The molecule has 0 saturated carbocycles. The van der Waals surface area contributed by atoms with Gasteiger partial charge in [0.2, 0.25) is 0 Å². The van der Waals surface area contributed by atoms with Gasteiger partial charge in [-0.1, -0.05) is 60.7 Å². The second-order valence-corrected chi connectivity index (χ2v) is 6.12. The molecule has 0 spiro atoms. The average Bonchev–Trinajstić information content (AvgIpc) is 3.19. The van der Waals surface area contributed by atoms with E-state index in [-0.39, 0.29) is 11.9 Å². The summed E-state index contributed by atoms with van der Waals surface area (Å²) >= 11 is 0. The molecule has 0 aliphatic carbocycles. The first-order chi connectivity index (χ1) is 13.3. The number of halogens is 1. The van der Waals surface area contributed by atoms with Gasteiger partial charge in [0.1, 0.15) is 5.82 Å². The molecule has 1 aromatic heterocycles. The molecule has 5 nitrogen and oxygen atoms in total. The molecule has 0 bridgehead atoms. The van der Waals surface area contributed by atoms with Gasteiger partial charge in [-0.25, -0.2) is 4.39 Å². The number of rotatable bonds is 6. The molecule has 3 aromatic carbocycles. The number of nitrogens with zero attached hydrogens (tertiary/aromatic N) is 4. The molecule has 1 unspecified atom stereocenters. The number of hydrogen-bond acceptors (Lipinski definition) is 4. The van der Waals surface area contributed by atoms with Gasteiger partial charge in [0, 0.05) is 0 Å². The summed E-state index contributed by atoms with van der Waals surface area (Å²) in [6.45, 7) is 0.457. The van der Waals surface area contributed by atoms with Crippen molar-refractivity contribution in [3.8, 4) is 5.69 Å². The number of tetrazole rings is 1. The molecule has 27 heavy (non-hydrogen) atoms. The van der Waals surface area contributed by atoms with E-state index in [0.717, 1.165) is 16.8 Å². The molecule has 0 amide bonds. The number of nitrogens with one attached hydrogen (secondary N) is 1. The van der Waals surface area contributed by atoms with Crippen molar-refractivity contribution in [2.24, 2.45) is 0 Å². The smallest absolute Gasteiger partial charge is 0.170 e. The highest BCUT2D eigenvalue weighted by molar-refractivity contribution is 5.33. The third-order valence-electron chi connectivity index (χ3n) is 4.34. The quantitative estimate of drug-likeness (QED) is 0.571. The van der Waals surface area contributed by atoms with Crippen molar-refractivity contribution in [1.82, 2.24) is 25.5 Å². The minimum atomic E-state index is -0.251. The highest BCUT2D eigenvalue weighted by Crippen LogP contribution is 2.23.